The molecule has 0 aliphatic carbocycles. The zero-order chi connectivity index (χ0) is 13.3. The predicted octanol–water partition coefficient (Wildman–Crippen LogP) is 4.34. The number of pyridine rings is 1. The zero-order valence-corrected chi connectivity index (χ0v) is 12.3. The summed E-state index contributed by atoms with van der Waals surface area (Å²) in [5, 5.41) is 1.79. The smallest absolute Gasteiger partial charge is 0.0737 e. The van der Waals surface area contributed by atoms with E-state index in [2.05, 4.69) is 23.7 Å². The summed E-state index contributed by atoms with van der Waals surface area (Å²) < 4.78 is 0. The average Bonchev–Trinajstić information content (AvgIpc) is 2.36. The Morgan fingerprint density at radius 2 is 2.00 bits per heavy atom. The molecular formula is C14H16Cl2N2. The Morgan fingerprint density at radius 1 is 1.28 bits per heavy atom. The van der Waals surface area contributed by atoms with Crippen LogP contribution in [0.5, 0.6) is 0 Å². The lowest BCUT2D eigenvalue weighted by atomic mass is 10.0. The van der Waals surface area contributed by atoms with Crippen LogP contribution in [0.3, 0.4) is 0 Å². The van der Waals surface area contributed by atoms with E-state index in [-0.39, 0.29) is 5.54 Å². The van der Waals surface area contributed by atoms with E-state index >= 15 is 0 Å². The van der Waals surface area contributed by atoms with Crippen LogP contribution < -0.4 is 4.90 Å². The highest BCUT2D eigenvalue weighted by atomic mass is 35.5. The van der Waals surface area contributed by atoms with Gasteiger partial charge < -0.3 is 4.90 Å². The standard InChI is InChI=1S/C14H16Cl2N2/c1-14(2,9-15)18(3)13-6-7-17-12-8-10(16)4-5-11(12)13/h4-8H,9H2,1-3H3. The van der Waals surface area contributed by atoms with Crippen LogP contribution in [0.25, 0.3) is 10.9 Å². The molecule has 0 aliphatic rings. The van der Waals surface area contributed by atoms with Gasteiger partial charge in [0, 0.05) is 40.8 Å². The van der Waals surface area contributed by atoms with Gasteiger partial charge in [-0.2, -0.15) is 0 Å². The quantitative estimate of drug-likeness (QED) is 0.779. The second-order valence-electron chi connectivity index (χ2n) is 5.00. The first-order chi connectivity index (χ1) is 8.45. The van der Waals surface area contributed by atoms with Crippen molar-refractivity contribution in [2.75, 3.05) is 17.8 Å². The van der Waals surface area contributed by atoms with Crippen molar-refractivity contribution < 1.29 is 0 Å². The predicted molar refractivity (Wildman–Crippen MR) is 80.0 cm³/mol. The third-order valence-electron chi connectivity index (χ3n) is 3.28. The van der Waals surface area contributed by atoms with Crippen molar-refractivity contribution in [3.05, 3.63) is 35.5 Å². The Hall–Kier alpha value is -0.990. The van der Waals surface area contributed by atoms with Gasteiger partial charge in [0.15, 0.2) is 0 Å². The molecule has 0 aliphatic heterocycles. The number of nitrogens with zero attached hydrogens (tertiary/aromatic N) is 2. The molecular weight excluding hydrogens is 267 g/mol. The molecule has 0 unspecified atom stereocenters. The Bertz CT molecular complexity index is 567. The summed E-state index contributed by atoms with van der Waals surface area (Å²) in [5.74, 6) is 0.556. The number of halogens is 2. The molecule has 0 spiro atoms. The van der Waals surface area contributed by atoms with Crippen LogP contribution in [-0.4, -0.2) is 23.5 Å². The highest BCUT2D eigenvalue weighted by molar-refractivity contribution is 6.31. The Kier molecular flexibility index (Phi) is 3.69. The van der Waals surface area contributed by atoms with Crippen molar-refractivity contribution >= 4 is 39.8 Å². The van der Waals surface area contributed by atoms with E-state index < -0.39 is 0 Å². The monoisotopic (exact) mass is 282 g/mol. The molecule has 0 N–H and O–H groups in total. The Balaban J connectivity index is 2.58. The second kappa shape index (κ2) is 4.94. The lowest BCUT2D eigenvalue weighted by molar-refractivity contribution is 0.546. The van der Waals surface area contributed by atoms with Crippen molar-refractivity contribution in [3.63, 3.8) is 0 Å². The molecule has 0 saturated heterocycles. The molecule has 4 heteroatoms. The molecule has 2 rings (SSSR count). The van der Waals surface area contributed by atoms with E-state index in [1.807, 2.05) is 31.3 Å². The highest BCUT2D eigenvalue weighted by Crippen LogP contribution is 2.31. The maximum absolute atomic E-state index is 6.04. The molecule has 2 aromatic rings. The van der Waals surface area contributed by atoms with Crippen LogP contribution in [-0.2, 0) is 0 Å². The van der Waals surface area contributed by atoms with Crippen LogP contribution in [0, 0.1) is 0 Å². The first-order valence-electron chi connectivity index (χ1n) is 5.80. The summed E-state index contributed by atoms with van der Waals surface area (Å²) in [4.78, 5) is 6.53. The van der Waals surface area contributed by atoms with Crippen molar-refractivity contribution in [1.82, 2.24) is 4.98 Å². The first kappa shape index (κ1) is 13.4. The summed E-state index contributed by atoms with van der Waals surface area (Å²) in [5.41, 5.74) is 1.90. The lowest BCUT2D eigenvalue weighted by Gasteiger charge is -2.36. The summed E-state index contributed by atoms with van der Waals surface area (Å²) >= 11 is 12.0. The molecule has 0 radical (unpaired) electrons. The minimum atomic E-state index is -0.116. The zero-order valence-electron chi connectivity index (χ0n) is 10.7. The molecule has 0 amide bonds. The van der Waals surface area contributed by atoms with Gasteiger partial charge in [0.2, 0.25) is 0 Å². The summed E-state index contributed by atoms with van der Waals surface area (Å²) in [6, 6.07) is 7.77. The third-order valence-corrected chi connectivity index (χ3v) is 4.17. The second-order valence-corrected chi connectivity index (χ2v) is 5.70. The van der Waals surface area contributed by atoms with Gasteiger partial charge in [0.05, 0.1) is 5.52 Å². The number of hydrogen-bond donors (Lipinski definition) is 0. The number of anilines is 1. The normalized spacial score (nSPS) is 11.8. The fourth-order valence-corrected chi connectivity index (χ4v) is 2.16. The fourth-order valence-electron chi connectivity index (χ4n) is 1.81. The van der Waals surface area contributed by atoms with Crippen molar-refractivity contribution in [1.29, 1.82) is 0 Å². The van der Waals surface area contributed by atoms with Crippen molar-refractivity contribution in [3.8, 4) is 0 Å². The van der Waals surface area contributed by atoms with E-state index in [1.165, 1.54) is 0 Å². The maximum Gasteiger partial charge on any atom is 0.0737 e. The molecule has 1 aromatic carbocycles. The van der Waals surface area contributed by atoms with E-state index in [0.29, 0.717) is 10.9 Å². The SMILES string of the molecule is CN(c1ccnc2cc(Cl)ccc12)C(C)(C)CCl. The van der Waals surface area contributed by atoms with Crippen molar-refractivity contribution in [2.45, 2.75) is 19.4 Å². The molecule has 2 nitrogen and oxygen atoms in total. The number of hydrogen-bond acceptors (Lipinski definition) is 2. The average molecular weight is 283 g/mol. The van der Waals surface area contributed by atoms with Gasteiger partial charge in [-0.05, 0) is 38.1 Å². The number of fused-ring (bicyclic) bond motifs is 1. The van der Waals surface area contributed by atoms with E-state index in [9.17, 15) is 0 Å². The highest BCUT2D eigenvalue weighted by Gasteiger charge is 2.23. The van der Waals surface area contributed by atoms with E-state index in [0.717, 1.165) is 16.6 Å². The van der Waals surface area contributed by atoms with Crippen LogP contribution in [0.2, 0.25) is 5.02 Å². The Labute approximate surface area is 118 Å². The molecule has 1 aromatic heterocycles. The van der Waals surface area contributed by atoms with Gasteiger partial charge in [0.1, 0.15) is 0 Å². The molecule has 96 valence electrons. The summed E-state index contributed by atoms with van der Waals surface area (Å²) in [6.45, 7) is 4.23. The van der Waals surface area contributed by atoms with Gasteiger partial charge in [-0.3, -0.25) is 4.98 Å². The minimum Gasteiger partial charge on any atom is -0.368 e. The molecule has 18 heavy (non-hydrogen) atoms. The topological polar surface area (TPSA) is 16.1 Å². The fraction of sp³-hybridized carbons (Fsp3) is 0.357. The number of benzene rings is 1. The third kappa shape index (κ3) is 2.40. The minimum absolute atomic E-state index is 0.116. The van der Waals surface area contributed by atoms with Gasteiger partial charge in [0.25, 0.3) is 0 Å². The maximum atomic E-state index is 6.04. The summed E-state index contributed by atoms with van der Waals surface area (Å²) in [7, 11) is 2.05. The molecule has 1 heterocycles. The van der Waals surface area contributed by atoms with Crippen molar-refractivity contribution in [2.24, 2.45) is 0 Å². The number of alkyl halides is 1. The van der Waals surface area contributed by atoms with Crippen LogP contribution in [0.1, 0.15) is 13.8 Å². The lowest BCUT2D eigenvalue weighted by Crippen LogP contribution is -2.43. The van der Waals surface area contributed by atoms with Gasteiger partial charge in [-0.25, -0.2) is 0 Å². The van der Waals surface area contributed by atoms with E-state index in [4.69, 9.17) is 23.2 Å². The largest absolute Gasteiger partial charge is 0.368 e. The van der Waals surface area contributed by atoms with Gasteiger partial charge in [-0.1, -0.05) is 11.6 Å². The number of aromatic nitrogens is 1. The van der Waals surface area contributed by atoms with Crippen LogP contribution in [0.4, 0.5) is 5.69 Å². The van der Waals surface area contributed by atoms with Gasteiger partial charge in [-0.15, -0.1) is 11.6 Å². The molecule has 0 saturated carbocycles. The van der Waals surface area contributed by atoms with Crippen LogP contribution in [0.15, 0.2) is 30.5 Å². The first-order valence-corrected chi connectivity index (χ1v) is 6.71. The summed E-state index contributed by atoms with van der Waals surface area (Å²) in [6.07, 6.45) is 1.80. The molecule has 0 fully saturated rings. The molecule has 0 bridgehead atoms. The van der Waals surface area contributed by atoms with Gasteiger partial charge >= 0.3 is 0 Å². The van der Waals surface area contributed by atoms with E-state index in [1.54, 1.807) is 6.20 Å². The molecule has 0 atom stereocenters. The number of rotatable bonds is 3. The Morgan fingerprint density at radius 3 is 2.67 bits per heavy atom. The van der Waals surface area contributed by atoms with Crippen LogP contribution >= 0.6 is 23.2 Å².